The van der Waals surface area contributed by atoms with E-state index in [1.54, 1.807) is 0 Å². The molecule has 0 radical (unpaired) electrons. The molecular formula is C10H20N2. The zero-order chi connectivity index (χ0) is 8.60. The molecule has 2 heteroatoms. The van der Waals surface area contributed by atoms with Crippen LogP contribution in [0.2, 0.25) is 0 Å². The zero-order valence-electron chi connectivity index (χ0n) is 8.19. The quantitative estimate of drug-likeness (QED) is 0.569. The van der Waals surface area contributed by atoms with E-state index in [0.29, 0.717) is 5.54 Å². The fourth-order valence-corrected chi connectivity index (χ4v) is 2.49. The second-order valence-corrected chi connectivity index (χ2v) is 4.91. The van der Waals surface area contributed by atoms with Gasteiger partial charge in [0, 0.05) is 24.2 Å². The van der Waals surface area contributed by atoms with Crippen molar-refractivity contribution in [2.45, 2.75) is 57.2 Å². The first-order chi connectivity index (χ1) is 5.67. The number of nitrogens with one attached hydrogen (secondary N) is 2. The van der Waals surface area contributed by atoms with Gasteiger partial charge in [-0.3, -0.25) is 0 Å². The van der Waals surface area contributed by atoms with Crippen LogP contribution in [-0.4, -0.2) is 24.2 Å². The Morgan fingerprint density at radius 1 is 1.08 bits per heavy atom. The van der Waals surface area contributed by atoms with Crippen molar-refractivity contribution in [3.8, 4) is 0 Å². The first-order valence-corrected chi connectivity index (χ1v) is 5.18. The van der Waals surface area contributed by atoms with Crippen molar-refractivity contribution in [2.75, 3.05) is 6.54 Å². The summed E-state index contributed by atoms with van der Waals surface area (Å²) >= 11 is 0. The fourth-order valence-electron chi connectivity index (χ4n) is 2.49. The van der Waals surface area contributed by atoms with Gasteiger partial charge in [0.05, 0.1) is 0 Å². The Kier molecular flexibility index (Phi) is 2.13. The number of hydrogen-bond donors (Lipinski definition) is 2. The van der Waals surface area contributed by atoms with E-state index in [-0.39, 0.29) is 0 Å². The Bertz CT molecular complexity index is 165. The Balaban J connectivity index is 1.99. The highest BCUT2D eigenvalue weighted by molar-refractivity contribution is 4.98. The van der Waals surface area contributed by atoms with Gasteiger partial charge in [0.1, 0.15) is 0 Å². The molecule has 70 valence electrons. The normalized spacial score (nSPS) is 40.5. The minimum atomic E-state index is 0.304. The van der Waals surface area contributed by atoms with Crippen LogP contribution in [0.3, 0.4) is 0 Å². The molecule has 2 aliphatic rings. The number of rotatable bonds is 0. The van der Waals surface area contributed by atoms with Gasteiger partial charge < -0.3 is 10.6 Å². The monoisotopic (exact) mass is 168 g/mol. The Morgan fingerprint density at radius 2 is 1.75 bits per heavy atom. The van der Waals surface area contributed by atoms with Crippen LogP contribution in [0.25, 0.3) is 0 Å². The molecule has 2 nitrogen and oxygen atoms in total. The summed E-state index contributed by atoms with van der Waals surface area (Å²) in [7, 11) is 0. The van der Waals surface area contributed by atoms with Gasteiger partial charge in [-0.05, 0) is 26.7 Å². The molecule has 0 aromatic carbocycles. The van der Waals surface area contributed by atoms with Gasteiger partial charge in [-0.15, -0.1) is 0 Å². The summed E-state index contributed by atoms with van der Waals surface area (Å²) in [5.74, 6) is 0. The van der Waals surface area contributed by atoms with Crippen LogP contribution in [0, 0.1) is 0 Å². The zero-order valence-corrected chi connectivity index (χ0v) is 8.19. The maximum absolute atomic E-state index is 3.73. The second-order valence-electron chi connectivity index (χ2n) is 4.91. The minimum Gasteiger partial charge on any atom is -0.311 e. The van der Waals surface area contributed by atoms with E-state index in [9.17, 15) is 0 Å². The van der Waals surface area contributed by atoms with Crippen LogP contribution in [0.1, 0.15) is 39.5 Å². The van der Waals surface area contributed by atoms with Crippen LogP contribution in [0.15, 0.2) is 0 Å². The van der Waals surface area contributed by atoms with E-state index in [0.717, 1.165) is 18.6 Å². The molecule has 1 aliphatic heterocycles. The summed E-state index contributed by atoms with van der Waals surface area (Å²) in [6.45, 7) is 5.68. The van der Waals surface area contributed by atoms with Gasteiger partial charge in [0.15, 0.2) is 0 Å². The fraction of sp³-hybridized carbons (Fsp3) is 1.00. The van der Waals surface area contributed by atoms with Crippen LogP contribution >= 0.6 is 0 Å². The Hall–Kier alpha value is -0.0800. The largest absolute Gasteiger partial charge is 0.311 e. The summed E-state index contributed by atoms with van der Waals surface area (Å²) in [6, 6.07) is 1.49. The third kappa shape index (κ3) is 1.64. The third-order valence-electron chi connectivity index (χ3n) is 3.15. The highest BCUT2D eigenvalue weighted by Crippen LogP contribution is 2.23. The highest BCUT2D eigenvalue weighted by atomic mass is 15.1. The lowest BCUT2D eigenvalue weighted by molar-refractivity contribution is 0.169. The predicted octanol–water partition coefficient (Wildman–Crippen LogP) is 1.27. The molecule has 0 aromatic rings. The Morgan fingerprint density at radius 3 is 2.50 bits per heavy atom. The summed E-state index contributed by atoms with van der Waals surface area (Å²) in [6.07, 6.45) is 5.55. The molecule has 2 N–H and O–H groups in total. The van der Waals surface area contributed by atoms with Gasteiger partial charge in [-0.2, -0.15) is 0 Å². The van der Waals surface area contributed by atoms with Crippen molar-refractivity contribution in [1.29, 1.82) is 0 Å². The molecule has 1 saturated carbocycles. The van der Waals surface area contributed by atoms with Gasteiger partial charge in [0.25, 0.3) is 0 Å². The predicted molar refractivity (Wildman–Crippen MR) is 51.3 cm³/mol. The van der Waals surface area contributed by atoms with E-state index in [4.69, 9.17) is 0 Å². The maximum atomic E-state index is 3.73. The average molecular weight is 168 g/mol. The van der Waals surface area contributed by atoms with E-state index < -0.39 is 0 Å². The molecule has 0 spiro atoms. The second kappa shape index (κ2) is 3.00. The molecule has 0 aromatic heterocycles. The van der Waals surface area contributed by atoms with Gasteiger partial charge in [-0.25, -0.2) is 0 Å². The molecule has 0 unspecified atom stereocenters. The van der Waals surface area contributed by atoms with Crippen molar-refractivity contribution in [1.82, 2.24) is 10.6 Å². The van der Waals surface area contributed by atoms with Crippen LogP contribution in [0.5, 0.6) is 0 Å². The molecule has 0 bridgehead atoms. The van der Waals surface area contributed by atoms with E-state index in [1.165, 1.54) is 25.7 Å². The highest BCUT2D eigenvalue weighted by Gasteiger charge is 2.34. The van der Waals surface area contributed by atoms with Crippen molar-refractivity contribution in [2.24, 2.45) is 0 Å². The van der Waals surface area contributed by atoms with Crippen molar-refractivity contribution in [3.63, 3.8) is 0 Å². The SMILES string of the molecule is CC1(C)CN[C@H]2CCCC[C@@H]2N1. The topological polar surface area (TPSA) is 24.1 Å². The minimum absolute atomic E-state index is 0.304. The maximum Gasteiger partial charge on any atom is 0.0252 e. The van der Waals surface area contributed by atoms with Crippen molar-refractivity contribution < 1.29 is 0 Å². The first kappa shape index (κ1) is 8.52. The van der Waals surface area contributed by atoms with Gasteiger partial charge in [0.2, 0.25) is 0 Å². The average Bonchev–Trinajstić information content (AvgIpc) is 2.02. The molecule has 1 aliphatic carbocycles. The third-order valence-corrected chi connectivity index (χ3v) is 3.15. The van der Waals surface area contributed by atoms with Crippen LogP contribution in [-0.2, 0) is 0 Å². The van der Waals surface area contributed by atoms with E-state index in [2.05, 4.69) is 24.5 Å². The van der Waals surface area contributed by atoms with Crippen LogP contribution in [0.4, 0.5) is 0 Å². The summed E-state index contributed by atoms with van der Waals surface area (Å²) in [4.78, 5) is 0. The van der Waals surface area contributed by atoms with E-state index >= 15 is 0 Å². The molecule has 12 heavy (non-hydrogen) atoms. The molecular weight excluding hydrogens is 148 g/mol. The lowest BCUT2D eigenvalue weighted by atomic mass is 9.85. The molecule has 1 saturated heterocycles. The summed E-state index contributed by atoms with van der Waals surface area (Å²) in [5, 5.41) is 7.38. The molecule has 2 fully saturated rings. The molecule has 1 heterocycles. The standard InChI is InChI=1S/C10H20N2/c1-10(2)7-11-8-5-3-4-6-9(8)12-10/h8-9,11-12H,3-7H2,1-2H3/t8-,9-/m0/s1. The van der Waals surface area contributed by atoms with Crippen molar-refractivity contribution >= 4 is 0 Å². The van der Waals surface area contributed by atoms with Crippen LogP contribution < -0.4 is 10.6 Å². The number of piperazine rings is 1. The van der Waals surface area contributed by atoms with E-state index in [1.807, 2.05) is 0 Å². The molecule has 2 atom stereocenters. The summed E-state index contributed by atoms with van der Waals surface area (Å²) < 4.78 is 0. The molecule has 0 amide bonds. The van der Waals surface area contributed by atoms with Gasteiger partial charge >= 0.3 is 0 Å². The lowest BCUT2D eigenvalue weighted by Crippen LogP contribution is -2.66. The smallest absolute Gasteiger partial charge is 0.0252 e. The summed E-state index contributed by atoms with van der Waals surface area (Å²) in [5.41, 5.74) is 0.304. The number of fused-ring (bicyclic) bond motifs is 1. The van der Waals surface area contributed by atoms with Gasteiger partial charge in [-0.1, -0.05) is 12.8 Å². The molecule has 2 rings (SSSR count). The van der Waals surface area contributed by atoms with Crippen molar-refractivity contribution in [3.05, 3.63) is 0 Å². The first-order valence-electron chi connectivity index (χ1n) is 5.18. The number of hydrogen-bond acceptors (Lipinski definition) is 2. The lowest BCUT2D eigenvalue weighted by Gasteiger charge is -2.45. The Labute approximate surface area is 75.1 Å².